The Morgan fingerprint density at radius 2 is 2.00 bits per heavy atom. The van der Waals surface area contributed by atoms with Crippen molar-refractivity contribution in [2.75, 3.05) is 6.61 Å². The Morgan fingerprint density at radius 1 is 1.29 bits per heavy atom. The Bertz CT molecular complexity index is 365. The first-order valence-electron chi connectivity index (χ1n) is 5.86. The van der Waals surface area contributed by atoms with Crippen LogP contribution in [-0.2, 0) is 0 Å². The molecule has 17 heavy (non-hydrogen) atoms. The van der Waals surface area contributed by atoms with Gasteiger partial charge in [0.05, 0.1) is 12.7 Å². The van der Waals surface area contributed by atoms with Crippen LogP contribution in [0, 0.1) is 11.6 Å². The van der Waals surface area contributed by atoms with Crippen molar-refractivity contribution >= 4 is 0 Å². The summed E-state index contributed by atoms with van der Waals surface area (Å²) in [6.07, 6.45) is 1.98. The second kappa shape index (κ2) is 6.55. The molecule has 0 amide bonds. The van der Waals surface area contributed by atoms with Gasteiger partial charge in [-0.3, -0.25) is 0 Å². The third kappa shape index (κ3) is 3.97. The van der Waals surface area contributed by atoms with Crippen LogP contribution in [0.25, 0.3) is 0 Å². The number of hydrogen-bond donors (Lipinski definition) is 1. The van der Waals surface area contributed by atoms with Crippen LogP contribution in [0.1, 0.15) is 44.8 Å². The largest absolute Gasteiger partial charge is 0.490 e. The molecule has 0 saturated carbocycles. The smallest absolute Gasteiger partial charge is 0.200 e. The van der Waals surface area contributed by atoms with Gasteiger partial charge in [-0.2, -0.15) is 4.39 Å². The van der Waals surface area contributed by atoms with Crippen LogP contribution in [0.2, 0.25) is 0 Å². The van der Waals surface area contributed by atoms with Gasteiger partial charge in [-0.05, 0) is 31.0 Å². The number of unbranched alkanes of at least 4 members (excludes halogenated alkanes) is 2. The quantitative estimate of drug-likeness (QED) is 0.775. The van der Waals surface area contributed by atoms with Gasteiger partial charge in [0.25, 0.3) is 0 Å². The predicted octanol–water partition coefficient (Wildman–Crippen LogP) is 3.59. The van der Waals surface area contributed by atoms with Gasteiger partial charge in [-0.15, -0.1) is 0 Å². The van der Waals surface area contributed by atoms with Gasteiger partial charge >= 0.3 is 0 Å². The summed E-state index contributed by atoms with van der Waals surface area (Å²) >= 11 is 0. The number of halogens is 2. The van der Waals surface area contributed by atoms with E-state index in [0.29, 0.717) is 12.2 Å². The van der Waals surface area contributed by atoms with E-state index in [9.17, 15) is 13.9 Å². The average Bonchev–Trinajstić information content (AvgIpc) is 2.29. The fourth-order valence-corrected chi connectivity index (χ4v) is 1.46. The maximum absolute atomic E-state index is 13.4. The van der Waals surface area contributed by atoms with E-state index >= 15 is 0 Å². The molecule has 0 aromatic heterocycles. The van der Waals surface area contributed by atoms with E-state index in [1.165, 1.54) is 13.0 Å². The molecule has 96 valence electrons. The normalized spacial score (nSPS) is 12.5. The van der Waals surface area contributed by atoms with Crippen molar-refractivity contribution in [3.63, 3.8) is 0 Å². The summed E-state index contributed by atoms with van der Waals surface area (Å²) in [4.78, 5) is 0. The molecular formula is C13H18F2O2. The summed E-state index contributed by atoms with van der Waals surface area (Å²) in [7, 11) is 0. The molecule has 0 radical (unpaired) electrons. The summed E-state index contributed by atoms with van der Waals surface area (Å²) in [6.45, 7) is 3.90. The van der Waals surface area contributed by atoms with Gasteiger partial charge in [-0.1, -0.05) is 19.8 Å². The topological polar surface area (TPSA) is 29.5 Å². The molecule has 1 N–H and O–H groups in total. The number of aliphatic hydroxyl groups excluding tert-OH is 1. The fraction of sp³-hybridized carbons (Fsp3) is 0.538. The molecule has 2 nitrogen and oxygen atoms in total. The average molecular weight is 244 g/mol. The zero-order valence-electron chi connectivity index (χ0n) is 10.2. The van der Waals surface area contributed by atoms with Crippen molar-refractivity contribution in [2.24, 2.45) is 0 Å². The molecule has 0 bridgehead atoms. The lowest BCUT2D eigenvalue weighted by Gasteiger charge is -2.11. The van der Waals surface area contributed by atoms with Crippen LogP contribution in [-0.4, -0.2) is 11.7 Å². The summed E-state index contributed by atoms with van der Waals surface area (Å²) in [5.74, 6) is -2.11. The van der Waals surface area contributed by atoms with Crippen LogP contribution < -0.4 is 4.74 Å². The van der Waals surface area contributed by atoms with E-state index in [2.05, 4.69) is 0 Å². The number of ether oxygens (including phenoxy) is 1. The van der Waals surface area contributed by atoms with Gasteiger partial charge in [0.1, 0.15) is 0 Å². The van der Waals surface area contributed by atoms with Crippen molar-refractivity contribution in [2.45, 2.75) is 39.2 Å². The zero-order chi connectivity index (χ0) is 12.8. The molecule has 1 aromatic rings. The molecule has 0 fully saturated rings. The summed E-state index contributed by atoms with van der Waals surface area (Å²) in [5.41, 5.74) is 0.314. The highest BCUT2D eigenvalue weighted by Crippen LogP contribution is 2.25. The molecule has 0 aliphatic heterocycles. The molecular weight excluding hydrogens is 226 g/mol. The maximum atomic E-state index is 13.4. The zero-order valence-corrected chi connectivity index (χ0v) is 10.2. The maximum Gasteiger partial charge on any atom is 0.200 e. The highest BCUT2D eigenvalue weighted by molar-refractivity contribution is 5.32. The summed E-state index contributed by atoms with van der Waals surface area (Å²) in [6, 6.07) is 2.33. The molecule has 1 aromatic carbocycles. The predicted molar refractivity (Wildman–Crippen MR) is 62.0 cm³/mol. The summed E-state index contributed by atoms with van der Waals surface area (Å²) < 4.78 is 31.8. The minimum atomic E-state index is -0.995. The Kier molecular flexibility index (Phi) is 5.35. The van der Waals surface area contributed by atoms with Crippen LogP contribution in [0.5, 0.6) is 5.75 Å². The molecule has 0 heterocycles. The third-order valence-corrected chi connectivity index (χ3v) is 2.51. The lowest BCUT2D eigenvalue weighted by Crippen LogP contribution is -2.03. The monoisotopic (exact) mass is 244 g/mol. The first-order chi connectivity index (χ1) is 8.06. The van der Waals surface area contributed by atoms with Crippen molar-refractivity contribution in [1.29, 1.82) is 0 Å². The van der Waals surface area contributed by atoms with Crippen molar-refractivity contribution in [1.82, 2.24) is 0 Å². The van der Waals surface area contributed by atoms with E-state index in [-0.39, 0.29) is 5.75 Å². The second-order valence-electron chi connectivity index (χ2n) is 4.05. The van der Waals surface area contributed by atoms with Crippen LogP contribution in [0.15, 0.2) is 12.1 Å². The third-order valence-electron chi connectivity index (χ3n) is 2.51. The molecule has 1 rings (SSSR count). The second-order valence-corrected chi connectivity index (χ2v) is 4.05. The van der Waals surface area contributed by atoms with E-state index in [1.54, 1.807) is 0 Å². The lowest BCUT2D eigenvalue weighted by molar-refractivity contribution is 0.197. The van der Waals surface area contributed by atoms with Gasteiger partial charge in [0.15, 0.2) is 11.6 Å². The molecule has 1 atom stereocenters. The Labute approximate surface area is 100 Å². The lowest BCUT2D eigenvalue weighted by atomic mass is 10.1. The first-order valence-corrected chi connectivity index (χ1v) is 5.86. The van der Waals surface area contributed by atoms with E-state index < -0.39 is 17.7 Å². The Balaban J connectivity index is 2.75. The first kappa shape index (κ1) is 13.9. The van der Waals surface area contributed by atoms with Gasteiger partial charge in [0.2, 0.25) is 5.82 Å². The number of hydrogen-bond acceptors (Lipinski definition) is 2. The van der Waals surface area contributed by atoms with Crippen LogP contribution in [0.3, 0.4) is 0 Å². The highest BCUT2D eigenvalue weighted by Gasteiger charge is 2.14. The highest BCUT2D eigenvalue weighted by atomic mass is 19.2. The molecule has 4 heteroatoms. The van der Waals surface area contributed by atoms with Crippen molar-refractivity contribution in [3.8, 4) is 5.75 Å². The minimum absolute atomic E-state index is 0.128. The summed E-state index contributed by atoms with van der Waals surface area (Å²) in [5, 5.41) is 9.33. The molecule has 0 aliphatic carbocycles. The fourth-order valence-electron chi connectivity index (χ4n) is 1.46. The van der Waals surface area contributed by atoms with Crippen LogP contribution in [0.4, 0.5) is 8.78 Å². The molecule has 0 spiro atoms. The minimum Gasteiger partial charge on any atom is -0.490 e. The van der Waals surface area contributed by atoms with Gasteiger partial charge in [-0.25, -0.2) is 4.39 Å². The van der Waals surface area contributed by atoms with Crippen molar-refractivity contribution < 1.29 is 18.6 Å². The van der Waals surface area contributed by atoms with Gasteiger partial charge < -0.3 is 9.84 Å². The van der Waals surface area contributed by atoms with Gasteiger partial charge in [0, 0.05) is 0 Å². The molecule has 1 unspecified atom stereocenters. The molecule has 0 saturated heterocycles. The van der Waals surface area contributed by atoms with Crippen molar-refractivity contribution in [3.05, 3.63) is 29.3 Å². The molecule has 0 aliphatic rings. The Morgan fingerprint density at radius 3 is 2.59 bits per heavy atom. The standard InChI is InChI=1S/C13H18F2O2/c1-3-4-5-6-17-12-8-10(9(2)16)7-11(14)13(12)15/h7-9,16H,3-6H2,1-2H3. The van der Waals surface area contributed by atoms with Crippen LogP contribution >= 0.6 is 0 Å². The Hall–Kier alpha value is -1.16. The number of aliphatic hydroxyl groups is 1. The van der Waals surface area contributed by atoms with E-state index in [4.69, 9.17) is 4.74 Å². The SMILES string of the molecule is CCCCCOc1cc(C(C)O)cc(F)c1F. The van der Waals surface area contributed by atoms with E-state index in [1.807, 2.05) is 6.92 Å². The number of rotatable bonds is 6. The van der Waals surface area contributed by atoms with E-state index in [0.717, 1.165) is 25.3 Å². The number of benzene rings is 1.